The van der Waals surface area contributed by atoms with E-state index < -0.39 is 47.7 Å². The number of carbonyl (C=O) groups excluding carboxylic acids is 3. The minimum atomic E-state index is -1.40. The molecule has 0 bridgehead atoms. The number of ether oxygens (including phenoxy) is 1. The van der Waals surface area contributed by atoms with E-state index in [1.54, 1.807) is 65.8 Å². The third kappa shape index (κ3) is 7.55. The van der Waals surface area contributed by atoms with Crippen molar-refractivity contribution < 1.29 is 29.3 Å². The number of aryl methyl sites for hydroxylation is 1. The van der Waals surface area contributed by atoms with Crippen molar-refractivity contribution in [2.24, 2.45) is 0 Å². The zero-order valence-electron chi connectivity index (χ0n) is 24.8. The molecule has 3 amide bonds. The van der Waals surface area contributed by atoms with Crippen LogP contribution in [0.4, 0.5) is 10.5 Å². The number of fused-ring (bicyclic) bond motifs is 1. The van der Waals surface area contributed by atoms with Gasteiger partial charge in [-0.05, 0) is 76.4 Å². The molecule has 41 heavy (non-hydrogen) atoms. The fraction of sp³-hybridized carbons (Fsp3) is 0.406. The van der Waals surface area contributed by atoms with Gasteiger partial charge in [0.1, 0.15) is 23.4 Å². The molecule has 4 N–H and O–H groups in total. The molecule has 0 aromatic heterocycles. The molecule has 3 aromatic rings. The zero-order chi connectivity index (χ0) is 30.5. The molecule has 0 saturated carbocycles. The Morgan fingerprint density at radius 2 is 1.61 bits per heavy atom. The zero-order valence-corrected chi connectivity index (χ0v) is 24.8. The fourth-order valence-electron chi connectivity index (χ4n) is 4.53. The van der Waals surface area contributed by atoms with Crippen LogP contribution in [0.2, 0.25) is 0 Å². The van der Waals surface area contributed by atoms with E-state index >= 15 is 0 Å². The molecule has 2 unspecified atom stereocenters. The third-order valence-electron chi connectivity index (χ3n) is 7.01. The molecule has 0 spiro atoms. The van der Waals surface area contributed by atoms with E-state index in [2.05, 4.69) is 10.6 Å². The first kappa shape index (κ1) is 31.4. The molecular formula is C32H41N3O6. The van der Waals surface area contributed by atoms with Gasteiger partial charge in [-0.3, -0.25) is 9.59 Å². The summed E-state index contributed by atoms with van der Waals surface area (Å²) in [5, 5.41) is 28.6. The Morgan fingerprint density at radius 1 is 0.951 bits per heavy atom. The number of aromatic hydroxyl groups is 1. The van der Waals surface area contributed by atoms with E-state index in [1.807, 2.05) is 43.3 Å². The summed E-state index contributed by atoms with van der Waals surface area (Å²) in [6, 6.07) is 15.5. The summed E-state index contributed by atoms with van der Waals surface area (Å²) in [6.07, 6.45) is -0.454. The van der Waals surface area contributed by atoms with Crippen LogP contribution in [0.5, 0.6) is 5.75 Å². The summed E-state index contributed by atoms with van der Waals surface area (Å²) >= 11 is 0. The van der Waals surface area contributed by atoms with Gasteiger partial charge in [0.05, 0.1) is 6.61 Å². The van der Waals surface area contributed by atoms with Gasteiger partial charge >= 0.3 is 6.09 Å². The number of hydrogen-bond acceptors (Lipinski definition) is 6. The van der Waals surface area contributed by atoms with E-state index in [4.69, 9.17) is 4.74 Å². The van der Waals surface area contributed by atoms with Crippen LogP contribution in [0.3, 0.4) is 0 Å². The van der Waals surface area contributed by atoms with E-state index in [-0.39, 0.29) is 11.3 Å². The van der Waals surface area contributed by atoms with Crippen molar-refractivity contribution in [2.75, 3.05) is 11.9 Å². The van der Waals surface area contributed by atoms with Crippen LogP contribution in [0.25, 0.3) is 10.8 Å². The Balaban J connectivity index is 2.11. The number of aliphatic hydroxyl groups excluding tert-OH is 1. The lowest BCUT2D eigenvalue weighted by atomic mass is 9.91. The van der Waals surface area contributed by atoms with Crippen molar-refractivity contribution in [3.05, 3.63) is 71.8 Å². The summed E-state index contributed by atoms with van der Waals surface area (Å²) in [6.45, 7) is 11.5. The van der Waals surface area contributed by atoms with E-state index in [9.17, 15) is 24.6 Å². The second-order valence-electron chi connectivity index (χ2n) is 11.7. The van der Waals surface area contributed by atoms with Gasteiger partial charge in [-0.2, -0.15) is 0 Å². The molecule has 2 atom stereocenters. The predicted octanol–water partition coefficient (Wildman–Crippen LogP) is 5.44. The molecular weight excluding hydrogens is 522 g/mol. The Bertz CT molecular complexity index is 1410. The first-order chi connectivity index (χ1) is 19.2. The number of phenolic OH excluding ortho intramolecular Hbond substituents is 1. The third-order valence-corrected chi connectivity index (χ3v) is 7.01. The predicted molar refractivity (Wildman–Crippen MR) is 160 cm³/mol. The molecule has 0 aliphatic carbocycles. The highest BCUT2D eigenvalue weighted by molar-refractivity contribution is 6.01. The quantitative estimate of drug-likeness (QED) is 0.275. The minimum absolute atomic E-state index is 0.128. The smallest absolute Gasteiger partial charge is 0.408 e. The average Bonchev–Trinajstić information content (AvgIpc) is 2.90. The Kier molecular flexibility index (Phi) is 9.65. The van der Waals surface area contributed by atoms with Gasteiger partial charge in [-0.15, -0.1) is 0 Å². The van der Waals surface area contributed by atoms with Crippen LogP contribution in [0, 0.1) is 6.92 Å². The molecule has 9 nitrogen and oxygen atoms in total. The van der Waals surface area contributed by atoms with Crippen LogP contribution in [-0.4, -0.2) is 56.8 Å². The fourth-order valence-corrected chi connectivity index (χ4v) is 4.53. The maximum atomic E-state index is 14.2. The Hall–Kier alpha value is -4.11. The number of alkyl carbamates (subject to hydrolysis) is 1. The molecule has 220 valence electrons. The van der Waals surface area contributed by atoms with Crippen molar-refractivity contribution in [1.29, 1.82) is 0 Å². The number of amides is 3. The molecule has 0 saturated heterocycles. The maximum absolute atomic E-state index is 14.2. The van der Waals surface area contributed by atoms with Crippen LogP contribution in [0.15, 0.2) is 60.7 Å². The number of anilines is 1. The van der Waals surface area contributed by atoms with E-state index in [1.165, 1.54) is 4.90 Å². The summed E-state index contributed by atoms with van der Waals surface area (Å²) in [7, 11) is 0. The van der Waals surface area contributed by atoms with Gasteiger partial charge in [-0.1, -0.05) is 55.5 Å². The highest BCUT2D eigenvalue weighted by Gasteiger charge is 2.44. The lowest BCUT2D eigenvalue weighted by Crippen LogP contribution is -2.59. The molecule has 0 aliphatic rings. The number of nitrogens with one attached hydrogen (secondary N) is 2. The molecule has 0 heterocycles. The summed E-state index contributed by atoms with van der Waals surface area (Å²) < 4.78 is 5.30. The van der Waals surface area contributed by atoms with Gasteiger partial charge in [0, 0.05) is 16.8 Å². The molecule has 0 radical (unpaired) electrons. The van der Waals surface area contributed by atoms with Gasteiger partial charge < -0.3 is 30.5 Å². The second kappa shape index (κ2) is 12.6. The largest absolute Gasteiger partial charge is 0.507 e. The summed E-state index contributed by atoms with van der Waals surface area (Å²) in [5.74, 6) is -1.40. The SMILES string of the molecule is CCC(C)(C)N(C(=O)C(CO)NC(=O)OC(C)(C)C)C(C(=O)Nc1ccc2ccccc2c1)c1cccc(C)c1O. The van der Waals surface area contributed by atoms with E-state index in [0.717, 1.165) is 10.8 Å². The Morgan fingerprint density at radius 3 is 2.22 bits per heavy atom. The van der Waals surface area contributed by atoms with E-state index in [0.29, 0.717) is 17.7 Å². The second-order valence-corrected chi connectivity index (χ2v) is 11.7. The molecule has 3 aromatic carbocycles. The average molecular weight is 564 g/mol. The number of aliphatic hydroxyl groups is 1. The van der Waals surface area contributed by atoms with Gasteiger partial charge in [0.2, 0.25) is 5.91 Å². The van der Waals surface area contributed by atoms with Crippen molar-refractivity contribution >= 4 is 34.4 Å². The number of benzene rings is 3. The Labute approximate surface area is 241 Å². The van der Waals surface area contributed by atoms with Crippen LogP contribution in [0.1, 0.15) is 65.1 Å². The van der Waals surface area contributed by atoms with Crippen LogP contribution < -0.4 is 10.6 Å². The first-order valence-electron chi connectivity index (χ1n) is 13.7. The summed E-state index contributed by atoms with van der Waals surface area (Å²) in [5.41, 5.74) is -0.518. The van der Waals surface area contributed by atoms with Gasteiger partial charge in [-0.25, -0.2) is 4.79 Å². The van der Waals surface area contributed by atoms with Crippen molar-refractivity contribution in [1.82, 2.24) is 10.2 Å². The normalized spacial score (nSPS) is 13.3. The summed E-state index contributed by atoms with van der Waals surface area (Å²) in [4.78, 5) is 42.2. The number of para-hydroxylation sites is 1. The topological polar surface area (TPSA) is 128 Å². The van der Waals surface area contributed by atoms with Crippen molar-refractivity contribution in [2.45, 2.75) is 78.1 Å². The monoisotopic (exact) mass is 563 g/mol. The standard InChI is InChI=1S/C32H41N3O6/c1-8-32(6,7)35(29(39)25(19-36)34-30(40)41-31(3,4)5)26(24-15-11-12-20(2)27(24)37)28(38)33-23-17-16-21-13-9-10-14-22(21)18-23/h9-18,25-26,36-37H,8,19H2,1-7H3,(H,33,38)(H,34,40). The number of nitrogens with zero attached hydrogens (tertiary/aromatic N) is 1. The van der Waals surface area contributed by atoms with Crippen LogP contribution >= 0.6 is 0 Å². The molecule has 0 aliphatic heterocycles. The van der Waals surface area contributed by atoms with Crippen molar-refractivity contribution in [3.8, 4) is 5.75 Å². The highest BCUT2D eigenvalue weighted by Crippen LogP contribution is 2.38. The molecule has 0 fully saturated rings. The highest BCUT2D eigenvalue weighted by atomic mass is 16.6. The number of carbonyl (C=O) groups is 3. The van der Waals surface area contributed by atoms with Crippen LogP contribution in [-0.2, 0) is 14.3 Å². The number of hydrogen-bond donors (Lipinski definition) is 4. The lowest BCUT2D eigenvalue weighted by Gasteiger charge is -2.44. The number of phenols is 1. The van der Waals surface area contributed by atoms with Crippen molar-refractivity contribution in [3.63, 3.8) is 0 Å². The molecule has 3 rings (SSSR count). The lowest BCUT2D eigenvalue weighted by molar-refractivity contribution is -0.148. The minimum Gasteiger partial charge on any atom is -0.507 e. The van der Waals surface area contributed by atoms with Gasteiger partial charge in [0.15, 0.2) is 0 Å². The number of rotatable bonds is 9. The maximum Gasteiger partial charge on any atom is 0.408 e. The first-order valence-corrected chi connectivity index (χ1v) is 13.7. The van der Waals surface area contributed by atoms with Gasteiger partial charge in [0.25, 0.3) is 5.91 Å². The molecule has 9 heteroatoms.